The number of likely N-dealkylation sites (N-methyl/N-ethyl adjacent to an activating group) is 1. The van der Waals surface area contributed by atoms with E-state index >= 15 is 0 Å². The first-order valence-electron chi connectivity index (χ1n) is 7.38. The molecule has 5 heteroatoms. The summed E-state index contributed by atoms with van der Waals surface area (Å²) in [5.74, 6) is 0.110. The number of ether oxygens (including phenoxy) is 2. The highest BCUT2D eigenvalue weighted by molar-refractivity contribution is 5.81. The molecule has 2 unspecified atom stereocenters. The summed E-state index contributed by atoms with van der Waals surface area (Å²) in [6.45, 7) is 2.17. The SMILES string of the molecule is CCOC(=O)C1(NC)CCCC(Oc2ccc(F)cc2)C1. The molecule has 4 nitrogen and oxygen atoms in total. The van der Waals surface area contributed by atoms with Crippen LogP contribution in [0.1, 0.15) is 32.6 Å². The van der Waals surface area contributed by atoms with Crippen LogP contribution in [-0.4, -0.2) is 31.3 Å². The Morgan fingerprint density at radius 3 is 2.76 bits per heavy atom. The zero-order valence-electron chi connectivity index (χ0n) is 12.5. The summed E-state index contributed by atoms with van der Waals surface area (Å²) < 4.78 is 24.0. The van der Waals surface area contributed by atoms with Gasteiger partial charge in [-0.15, -0.1) is 0 Å². The highest BCUT2D eigenvalue weighted by Crippen LogP contribution is 2.32. The highest BCUT2D eigenvalue weighted by Gasteiger charge is 2.43. The Bertz CT molecular complexity index is 477. The first-order valence-corrected chi connectivity index (χ1v) is 7.38. The first kappa shape index (κ1) is 15.8. The summed E-state index contributed by atoms with van der Waals surface area (Å²) in [6.07, 6.45) is 2.97. The molecule has 0 spiro atoms. The summed E-state index contributed by atoms with van der Waals surface area (Å²) in [5, 5.41) is 3.11. The van der Waals surface area contributed by atoms with E-state index in [-0.39, 0.29) is 17.9 Å². The quantitative estimate of drug-likeness (QED) is 0.848. The van der Waals surface area contributed by atoms with Crippen molar-refractivity contribution >= 4 is 5.97 Å². The molecular formula is C16H22FNO3. The van der Waals surface area contributed by atoms with E-state index in [0.29, 0.717) is 18.8 Å². The van der Waals surface area contributed by atoms with Gasteiger partial charge in [-0.3, -0.25) is 4.79 Å². The van der Waals surface area contributed by atoms with Crippen molar-refractivity contribution in [2.24, 2.45) is 0 Å². The van der Waals surface area contributed by atoms with E-state index in [0.717, 1.165) is 19.3 Å². The zero-order chi connectivity index (χ0) is 15.3. The Morgan fingerprint density at radius 1 is 1.43 bits per heavy atom. The molecular weight excluding hydrogens is 273 g/mol. The van der Waals surface area contributed by atoms with E-state index in [1.54, 1.807) is 26.1 Å². The number of esters is 1. The van der Waals surface area contributed by atoms with Crippen molar-refractivity contribution in [2.45, 2.75) is 44.2 Å². The van der Waals surface area contributed by atoms with Gasteiger partial charge in [-0.05, 0) is 57.5 Å². The smallest absolute Gasteiger partial charge is 0.326 e. The van der Waals surface area contributed by atoms with E-state index in [2.05, 4.69) is 5.32 Å². The molecule has 2 atom stereocenters. The molecule has 0 aliphatic heterocycles. The molecule has 1 aliphatic carbocycles. The minimum absolute atomic E-state index is 0.0823. The van der Waals surface area contributed by atoms with Gasteiger partial charge in [0, 0.05) is 6.42 Å². The van der Waals surface area contributed by atoms with Gasteiger partial charge in [0.25, 0.3) is 0 Å². The lowest BCUT2D eigenvalue weighted by molar-refractivity contribution is -0.154. The molecule has 2 rings (SSSR count). The van der Waals surface area contributed by atoms with Crippen LogP contribution in [0.4, 0.5) is 4.39 Å². The molecule has 0 aromatic heterocycles. The molecule has 1 aromatic rings. The van der Waals surface area contributed by atoms with Crippen LogP contribution < -0.4 is 10.1 Å². The fourth-order valence-electron chi connectivity index (χ4n) is 2.81. The minimum atomic E-state index is -0.682. The maximum absolute atomic E-state index is 12.9. The Balaban J connectivity index is 2.05. The van der Waals surface area contributed by atoms with Crippen molar-refractivity contribution in [1.29, 1.82) is 0 Å². The number of hydrogen-bond acceptors (Lipinski definition) is 4. The van der Waals surface area contributed by atoms with Gasteiger partial charge < -0.3 is 14.8 Å². The Hall–Kier alpha value is -1.62. The molecule has 1 N–H and O–H groups in total. The normalized spacial score (nSPS) is 25.4. The van der Waals surface area contributed by atoms with Crippen molar-refractivity contribution in [3.63, 3.8) is 0 Å². The largest absolute Gasteiger partial charge is 0.490 e. The Morgan fingerprint density at radius 2 is 2.14 bits per heavy atom. The Kier molecular flexibility index (Phi) is 5.17. The fourth-order valence-corrected chi connectivity index (χ4v) is 2.81. The van der Waals surface area contributed by atoms with Crippen LogP contribution >= 0.6 is 0 Å². The number of nitrogens with one attached hydrogen (secondary N) is 1. The van der Waals surface area contributed by atoms with E-state index in [4.69, 9.17) is 9.47 Å². The molecule has 1 aromatic carbocycles. The molecule has 0 bridgehead atoms. The van der Waals surface area contributed by atoms with Crippen LogP contribution in [0.15, 0.2) is 24.3 Å². The summed E-state index contributed by atoms with van der Waals surface area (Å²) in [6, 6.07) is 5.95. The van der Waals surface area contributed by atoms with Crippen molar-refractivity contribution in [3.8, 4) is 5.75 Å². The monoisotopic (exact) mass is 295 g/mol. The second-order valence-electron chi connectivity index (χ2n) is 5.34. The van der Waals surface area contributed by atoms with Gasteiger partial charge in [0.2, 0.25) is 0 Å². The summed E-state index contributed by atoms with van der Waals surface area (Å²) in [4.78, 5) is 12.2. The third kappa shape index (κ3) is 3.73. The molecule has 116 valence electrons. The predicted molar refractivity (Wildman–Crippen MR) is 77.7 cm³/mol. The zero-order valence-corrected chi connectivity index (χ0v) is 12.5. The molecule has 21 heavy (non-hydrogen) atoms. The van der Waals surface area contributed by atoms with Gasteiger partial charge in [-0.1, -0.05) is 0 Å². The summed E-state index contributed by atoms with van der Waals surface area (Å²) >= 11 is 0. The average Bonchev–Trinajstić information content (AvgIpc) is 2.50. The van der Waals surface area contributed by atoms with Crippen LogP contribution in [0.5, 0.6) is 5.75 Å². The van der Waals surface area contributed by atoms with Gasteiger partial charge >= 0.3 is 5.97 Å². The van der Waals surface area contributed by atoms with Crippen molar-refractivity contribution in [3.05, 3.63) is 30.1 Å². The van der Waals surface area contributed by atoms with Crippen molar-refractivity contribution in [1.82, 2.24) is 5.32 Å². The first-order chi connectivity index (χ1) is 10.1. The second kappa shape index (κ2) is 6.89. The van der Waals surface area contributed by atoms with Crippen LogP contribution in [0.3, 0.4) is 0 Å². The van der Waals surface area contributed by atoms with E-state index in [1.807, 2.05) is 0 Å². The third-order valence-corrected chi connectivity index (χ3v) is 3.97. The number of halogens is 1. The number of rotatable bonds is 5. The van der Waals surface area contributed by atoms with Gasteiger partial charge in [0.1, 0.15) is 23.2 Å². The standard InChI is InChI=1S/C16H22FNO3/c1-3-20-15(19)16(18-2)10-4-5-14(11-16)21-13-8-6-12(17)7-9-13/h6-9,14,18H,3-5,10-11H2,1-2H3. The number of hydrogen-bond donors (Lipinski definition) is 1. The molecule has 1 fully saturated rings. The molecule has 0 radical (unpaired) electrons. The van der Waals surface area contributed by atoms with E-state index in [9.17, 15) is 9.18 Å². The summed E-state index contributed by atoms with van der Waals surface area (Å²) in [5.41, 5.74) is -0.682. The lowest BCUT2D eigenvalue weighted by atomic mass is 9.80. The second-order valence-corrected chi connectivity index (χ2v) is 5.34. The number of benzene rings is 1. The van der Waals surface area contributed by atoms with Gasteiger partial charge in [-0.2, -0.15) is 0 Å². The maximum Gasteiger partial charge on any atom is 0.326 e. The lowest BCUT2D eigenvalue weighted by Crippen LogP contribution is -2.56. The lowest BCUT2D eigenvalue weighted by Gasteiger charge is -2.38. The summed E-state index contributed by atoms with van der Waals surface area (Å²) in [7, 11) is 1.77. The van der Waals surface area contributed by atoms with Gasteiger partial charge in [0.15, 0.2) is 0 Å². The molecule has 0 amide bonds. The van der Waals surface area contributed by atoms with E-state index < -0.39 is 5.54 Å². The van der Waals surface area contributed by atoms with Crippen LogP contribution in [-0.2, 0) is 9.53 Å². The third-order valence-electron chi connectivity index (χ3n) is 3.97. The molecule has 0 heterocycles. The van der Waals surface area contributed by atoms with Crippen molar-refractivity contribution < 1.29 is 18.7 Å². The van der Waals surface area contributed by atoms with Crippen LogP contribution in [0, 0.1) is 5.82 Å². The van der Waals surface area contributed by atoms with Gasteiger partial charge in [0.05, 0.1) is 6.61 Å². The average molecular weight is 295 g/mol. The highest BCUT2D eigenvalue weighted by atomic mass is 19.1. The van der Waals surface area contributed by atoms with Crippen LogP contribution in [0.25, 0.3) is 0 Å². The molecule has 1 saturated carbocycles. The fraction of sp³-hybridized carbons (Fsp3) is 0.562. The topological polar surface area (TPSA) is 47.6 Å². The Labute approximate surface area is 124 Å². The number of carbonyl (C=O) groups excluding carboxylic acids is 1. The maximum atomic E-state index is 12.9. The minimum Gasteiger partial charge on any atom is -0.490 e. The molecule has 0 saturated heterocycles. The predicted octanol–water partition coefficient (Wildman–Crippen LogP) is 2.67. The number of carbonyl (C=O) groups is 1. The van der Waals surface area contributed by atoms with Crippen molar-refractivity contribution in [2.75, 3.05) is 13.7 Å². The van der Waals surface area contributed by atoms with Crippen LogP contribution in [0.2, 0.25) is 0 Å². The van der Waals surface area contributed by atoms with Gasteiger partial charge in [-0.25, -0.2) is 4.39 Å². The molecule has 1 aliphatic rings. The van der Waals surface area contributed by atoms with E-state index in [1.165, 1.54) is 12.1 Å².